The van der Waals surface area contributed by atoms with Crippen molar-refractivity contribution in [1.29, 1.82) is 0 Å². The molecule has 0 bridgehead atoms. The molecule has 0 radical (unpaired) electrons. The molecule has 3 aromatic heterocycles. The molecule has 0 aliphatic rings. The number of nitrogens with zero attached hydrogens (tertiary/aromatic N) is 4. The molecule has 2 aromatic carbocycles. The molecule has 2 N–H and O–H groups in total. The second-order valence-electron chi connectivity index (χ2n) is 10.4. The molecule has 0 spiro atoms. The Morgan fingerprint density at radius 2 is 1.35 bits per heavy atom. The topological polar surface area (TPSA) is 107 Å². The van der Waals surface area contributed by atoms with Gasteiger partial charge in [-0.1, -0.05) is 36.4 Å². The Balaban J connectivity index is 1.51. The molecule has 0 saturated carbocycles. The second kappa shape index (κ2) is 11.2. The first-order valence-electron chi connectivity index (χ1n) is 13.3. The van der Waals surface area contributed by atoms with Gasteiger partial charge in [-0.15, -0.1) is 0 Å². The summed E-state index contributed by atoms with van der Waals surface area (Å²) in [5.41, 5.74) is 4.41. The number of aryl methyl sites for hydroxylation is 4. The molecule has 40 heavy (non-hydrogen) atoms. The average molecular weight is 539 g/mol. The molecule has 0 aliphatic heterocycles. The van der Waals surface area contributed by atoms with E-state index in [9.17, 15) is 9.59 Å². The van der Waals surface area contributed by atoms with Gasteiger partial charge >= 0.3 is 0 Å². The summed E-state index contributed by atoms with van der Waals surface area (Å²) in [4.78, 5) is 28.5. The molecule has 0 aliphatic carbocycles. The Hall–Kier alpha value is -4.66. The fourth-order valence-corrected chi connectivity index (χ4v) is 5.19. The normalized spacial score (nSPS) is 11.6. The molecule has 5 rings (SSSR count). The zero-order valence-electron chi connectivity index (χ0n) is 23.3. The van der Waals surface area contributed by atoms with Crippen LogP contribution in [-0.2, 0) is 49.6 Å². The third kappa shape index (κ3) is 5.68. The number of nitrogens with one attached hydrogen (secondary N) is 2. The first kappa shape index (κ1) is 26.9. The van der Waals surface area contributed by atoms with Crippen molar-refractivity contribution in [3.05, 3.63) is 107 Å². The van der Waals surface area contributed by atoms with E-state index in [1.165, 1.54) is 0 Å². The van der Waals surface area contributed by atoms with E-state index in [4.69, 9.17) is 4.42 Å². The van der Waals surface area contributed by atoms with Crippen molar-refractivity contribution in [3.63, 3.8) is 0 Å². The third-order valence-corrected chi connectivity index (χ3v) is 7.30. The smallest absolute Gasteiger partial charge is 0.236 e. The first-order valence-corrected chi connectivity index (χ1v) is 13.3. The average Bonchev–Trinajstić information content (AvgIpc) is 3.63. The summed E-state index contributed by atoms with van der Waals surface area (Å²) in [6, 6.07) is 21.2. The van der Waals surface area contributed by atoms with Crippen LogP contribution in [0, 0.1) is 19.3 Å². The fourth-order valence-electron chi connectivity index (χ4n) is 5.19. The summed E-state index contributed by atoms with van der Waals surface area (Å²) in [7, 11) is 3.67. The number of hydrogen-bond acceptors (Lipinski definition) is 5. The van der Waals surface area contributed by atoms with Crippen LogP contribution >= 0.6 is 0 Å². The molecule has 2 amide bonds. The standard InChI is InChI=1S/C31H34N6O3/c1-21-14-26(36(3)34-21)17-31(18-27-15-22(2)35-37(27)4,29(38)32-19-23-8-6-5-7-9-23)30(39)33-20-24-10-11-28-25(16-24)12-13-40-28/h5-16H,17-20H2,1-4H3,(H,32,38)(H,33,39). The predicted octanol–water partition coefficient (Wildman–Crippen LogP) is 3.92. The van der Waals surface area contributed by atoms with Crippen LogP contribution in [0.4, 0.5) is 0 Å². The van der Waals surface area contributed by atoms with Crippen molar-refractivity contribution in [2.45, 2.75) is 39.8 Å². The van der Waals surface area contributed by atoms with E-state index in [0.29, 0.717) is 6.54 Å². The van der Waals surface area contributed by atoms with Crippen LogP contribution in [0.15, 0.2) is 77.4 Å². The van der Waals surface area contributed by atoms with Crippen LogP contribution in [0.1, 0.15) is 33.9 Å². The highest BCUT2D eigenvalue weighted by atomic mass is 16.3. The quantitative estimate of drug-likeness (QED) is 0.262. The monoisotopic (exact) mass is 538 g/mol. The van der Waals surface area contributed by atoms with Gasteiger partial charge in [-0.25, -0.2) is 0 Å². The minimum atomic E-state index is -1.46. The molecular formula is C31H34N6O3. The predicted molar refractivity (Wildman–Crippen MR) is 152 cm³/mol. The number of benzene rings is 2. The van der Waals surface area contributed by atoms with Crippen LogP contribution in [-0.4, -0.2) is 31.4 Å². The van der Waals surface area contributed by atoms with Crippen LogP contribution in [0.25, 0.3) is 11.0 Å². The van der Waals surface area contributed by atoms with Gasteiger partial charge in [0.2, 0.25) is 11.8 Å². The van der Waals surface area contributed by atoms with Crippen molar-refractivity contribution in [2.24, 2.45) is 19.5 Å². The van der Waals surface area contributed by atoms with Crippen LogP contribution in [0.3, 0.4) is 0 Å². The maximum Gasteiger partial charge on any atom is 0.236 e. The zero-order valence-corrected chi connectivity index (χ0v) is 23.3. The number of carbonyl (C=O) groups excluding carboxylic acids is 2. The number of carbonyl (C=O) groups is 2. The van der Waals surface area contributed by atoms with E-state index in [1.54, 1.807) is 15.6 Å². The summed E-state index contributed by atoms with van der Waals surface area (Å²) >= 11 is 0. The Labute approximate surface area is 233 Å². The number of aromatic nitrogens is 4. The minimum Gasteiger partial charge on any atom is -0.464 e. The summed E-state index contributed by atoms with van der Waals surface area (Å²) in [6.45, 7) is 4.37. The van der Waals surface area contributed by atoms with E-state index in [0.717, 1.165) is 44.9 Å². The largest absolute Gasteiger partial charge is 0.464 e. The van der Waals surface area contributed by atoms with Gasteiger partial charge in [0.15, 0.2) is 0 Å². The fraction of sp³-hybridized carbons (Fsp3) is 0.290. The Morgan fingerprint density at radius 1 is 0.775 bits per heavy atom. The number of fused-ring (bicyclic) bond motifs is 1. The van der Waals surface area contributed by atoms with Gasteiger partial charge in [0.05, 0.1) is 17.7 Å². The van der Waals surface area contributed by atoms with Crippen LogP contribution in [0.2, 0.25) is 0 Å². The highest BCUT2D eigenvalue weighted by Crippen LogP contribution is 2.31. The molecule has 0 unspecified atom stereocenters. The zero-order chi connectivity index (χ0) is 28.3. The number of rotatable bonds is 10. The third-order valence-electron chi connectivity index (χ3n) is 7.30. The molecule has 3 heterocycles. The van der Waals surface area contributed by atoms with E-state index >= 15 is 0 Å². The molecule has 0 atom stereocenters. The summed E-state index contributed by atoms with van der Waals surface area (Å²) in [5, 5.41) is 16.1. The maximum absolute atomic E-state index is 14.3. The molecule has 206 valence electrons. The van der Waals surface area contributed by atoms with Crippen molar-refractivity contribution in [2.75, 3.05) is 0 Å². The lowest BCUT2D eigenvalue weighted by atomic mass is 9.76. The molecule has 0 saturated heterocycles. The van der Waals surface area contributed by atoms with Crippen molar-refractivity contribution in [1.82, 2.24) is 30.2 Å². The SMILES string of the molecule is Cc1cc(CC(Cc2cc(C)nn2C)(C(=O)NCc2ccccc2)C(=O)NCc2ccc3occc3c2)n(C)n1. The molecule has 0 fully saturated rings. The van der Waals surface area contributed by atoms with Crippen molar-refractivity contribution < 1.29 is 14.0 Å². The second-order valence-corrected chi connectivity index (χ2v) is 10.4. The summed E-state index contributed by atoms with van der Waals surface area (Å²) in [6.07, 6.45) is 1.98. The highest BCUT2D eigenvalue weighted by molar-refractivity contribution is 6.05. The maximum atomic E-state index is 14.3. The number of furan rings is 1. The lowest BCUT2D eigenvalue weighted by Gasteiger charge is -2.31. The molecule has 9 nitrogen and oxygen atoms in total. The lowest BCUT2D eigenvalue weighted by molar-refractivity contribution is -0.144. The van der Waals surface area contributed by atoms with E-state index in [-0.39, 0.29) is 31.2 Å². The van der Waals surface area contributed by atoms with Crippen molar-refractivity contribution >= 4 is 22.8 Å². The van der Waals surface area contributed by atoms with E-state index < -0.39 is 5.41 Å². The number of amides is 2. The molecule has 9 heteroatoms. The van der Waals surface area contributed by atoms with Gasteiger partial charge in [0, 0.05) is 56.8 Å². The minimum absolute atomic E-state index is 0.168. The van der Waals surface area contributed by atoms with Gasteiger partial charge < -0.3 is 15.1 Å². The lowest BCUT2D eigenvalue weighted by Crippen LogP contribution is -2.54. The van der Waals surface area contributed by atoms with Crippen molar-refractivity contribution in [3.8, 4) is 0 Å². The van der Waals surface area contributed by atoms with Gasteiger partial charge in [0.25, 0.3) is 0 Å². The molecular weight excluding hydrogens is 504 g/mol. The highest BCUT2D eigenvalue weighted by Gasteiger charge is 2.47. The van der Waals surface area contributed by atoms with Gasteiger partial charge in [-0.2, -0.15) is 10.2 Å². The summed E-state index contributed by atoms with van der Waals surface area (Å²) < 4.78 is 8.93. The van der Waals surface area contributed by atoms with E-state index in [2.05, 4.69) is 20.8 Å². The van der Waals surface area contributed by atoms with Gasteiger partial charge in [-0.05, 0) is 55.3 Å². The van der Waals surface area contributed by atoms with Crippen LogP contribution < -0.4 is 10.6 Å². The van der Waals surface area contributed by atoms with Gasteiger partial charge in [-0.3, -0.25) is 19.0 Å². The van der Waals surface area contributed by atoms with Crippen LogP contribution in [0.5, 0.6) is 0 Å². The summed E-state index contributed by atoms with van der Waals surface area (Å²) in [5.74, 6) is -0.708. The molecule has 5 aromatic rings. The Bertz CT molecular complexity index is 1600. The number of hydrogen-bond donors (Lipinski definition) is 2. The first-order chi connectivity index (χ1) is 19.2. The Morgan fingerprint density at radius 3 is 1.90 bits per heavy atom. The van der Waals surface area contributed by atoms with Gasteiger partial charge in [0.1, 0.15) is 11.0 Å². The van der Waals surface area contributed by atoms with E-state index in [1.807, 2.05) is 94.7 Å². The Kier molecular flexibility index (Phi) is 7.55.